The van der Waals surface area contributed by atoms with Crippen LogP contribution in [0.15, 0.2) is 48.5 Å². The zero-order valence-corrected chi connectivity index (χ0v) is 16.1. The van der Waals surface area contributed by atoms with E-state index in [1.54, 1.807) is 0 Å². The molecular weight excluding hydrogens is 338 g/mol. The third kappa shape index (κ3) is 5.17. The lowest BCUT2D eigenvalue weighted by atomic mass is 10.1. The Morgan fingerprint density at radius 1 is 1.07 bits per heavy atom. The number of carbonyl (C=O) groups is 2. The van der Waals surface area contributed by atoms with Crippen LogP contribution in [0.5, 0.6) is 0 Å². The monoisotopic (exact) mass is 365 g/mol. The molecule has 0 spiro atoms. The number of carbonyl (C=O) groups excluding carboxylic acids is 2. The van der Waals surface area contributed by atoms with E-state index in [9.17, 15) is 9.59 Å². The maximum absolute atomic E-state index is 12.3. The highest BCUT2D eigenvalue weighted by atomic mass is 16.2. The molecule has 2 aromatic rings. The van der Waals surface area contributed by atoms with E-state index >= 15 is 0 Å². The molecule has 0 aliphatic carbocycles. The summed E-state index contributed by atoms with van der Waals surface area (Å²) in [6, 6.07) is 15.9. The van der Waals surface area contributed by atoms with Gasteiger partial charge in [0, 0.05) is 31.7 Å². The van der Waals surface area contributed by atoms with Crippen molar-refractivity contribution in [2.75, 3.05) is 25.5 Å². The number of rotatable bonds is 7. The first kappa shape index (κ1) is 19.1. The van der Waals surface area contributed by atoms with Gasteiger partial charge >= 0.3 is 0 Å². The average Bonchev–Trinajstić information content (AvgIpc) is 3.07. The van der Waals surface area contributed by atoms with Crippen molar-refractivity contribution in [1.82, 2.24) is 10.2 Å². The number of nitrogens with zero attached hydrogens (tertiary/aromatic N) is 2. The minimum Gasteiger partial charge on any atom is -0.352 e. The molecule has 0 bridgehead atoms. The summed E-state index contributed by atoms with van der Waals surface area (Å²) in [7, 11) is 4.07. The minimum absolute atomic E-state index is 0.000319. The van der Waals surface area contributed by atoms with Crippen molar-refractivity contribution in [1.29, 1.82) is 0 Å². The summed E-state index contributed by atoms with van der Waals surface area (Å²) in [6.45, 7) is 2.16. The van der Waals surface area contributed by atoms with Crippen LogP contribution in [0.2, 0.25) is 0 Å². The predicted octanol–water partition coefficient (Wildman–Crippen LogP) is 2.73. The van der Waals surface area contributed by atoms with Crippen molar-refractivity contribution in [3.8, 4) is 0 Å². The van der Waals surface area contributed by atoms with Crippen LogP contribution in [0, 0.1) is 0 Å². The van der Waals surface area contributed by atoms with Gasteiger partial charge in [0.15, 0.2) is 0 Å². The van der Waals surface area contributed by atoms with E-state index in [2.05, 4.69) is 22.3 Å². The molecule has 1 heterocycles. The van der Waals surface area contributed by atoms with Crippen molar-refractivity contribution in [2.24, 2.45) is 0 Å². The SMILES string of the molecule is CN(C)Cc1ccccc1CNC(=O)Cc1ccc(N2CCCC2=O)cc1. The highest BCUT2D eigenvalue weighted by Gasteiger charge is 2.21. The van der Waals surface area contributed by atoms with Crippen molar-refractivity contribution in [2.45, 2.75) is 32.4 Å². The van der Waals surface area contributed by atoms with E-state index in [4.69, 9.17) is 0 Å². The Kier molecular flexibility index (Phi) is 6.24. The van der Waals surface area contributed by atoms with Crippen LogP contribution in [0.25, 0.3) is 0 Å². The Morgan fingerprint density at radius 2 is 1.78 bits per heavy atom. The van der Waals surface area contributed by atoms with E-state index in [0.717, 1.165) is 36.3 Å². The molecule has 1 fully saturated rings. The fraction of sp³-hybridized carbons (Fsp3) is 0.364. The Hall–Kier alpha value is -2.66. The molecule has 27 heavy (non-hydrogen) atoms. The van der Waals surface area contributed by atoms with Crippen molar-refractivity contribution in [3.05, 3.63) is 65.2 Å². The predicted molar refractivity (Wildman–Crippen MR) is 107 cm³/mol. The van der Waals surface area contributed by atoms with Crippen LogP contribution < -0.4 is 10.2 Å². The van der Waals surface area contributed by atoms with E-state index < -0.39 is 0 Å². The summed E-state index contributed by atoms with van der Waals surface area (Å²) in [4.78, 5) is 28.1. The van der Waals surface area contributed by atoms with Gasteiger partial charge in [-0.3, -0.25) is 9.59 Å². The number of nitrogens with one attached hydrogen (secondary N) is 1. The molecule has 1 aliphatic heterocycles. The summed E-state index contributed by atoms with van der Waals surface area (Å²) in [5.74, 6) is 0.177. The summed E-state index contributed by atoms with van der Waals surface area (Å²) in [5, 5.41) is 3.02. The number of amides is 2. The Bertz CT molecular complexity index is 799. The van der Waals surface area contributed by atoms with Crippen molar-refractivity contribution >= 4 is 17.5 Å². The number of hydrogen-bond acceptors (Lipinski definition) is 3. The molecule has 5 heteroatoms. The third-order valence-corrected chi connectivity index (χ3v) is 4.77. The molecule has 0 radical (unpaired) electrons. The molecule has 2 amide bonds. The van der Waals surface area contributed by atoms with Gasteiger partial charge in [-0.05, 0) is 49.3 Å². The molecule has 3 rings (SSSR count). The van der Waals surface area contributed by atoms with Crippen molar-refractivity contribution in [3.63, 3.8) is 0 Å². The zero-order chi connectivity index (χ0) is 19.2. The van der Waals surface area contributed by atoms with Crippen LogP contribution in [0.1, 0.15) is 29.5 Å². The summed E-state index contributed by atoms with van der Waals surface area (Å²) < 4.78 is 0. The van der Waals surface area contributed by atoms with Crippen LogP contribution >= 0.6 is 0 Å². The van der Waals surface area contributed by atoms with Gasteiger partial charge in [-0.2, -0.15) is 0 Å². The largest absolute Gasteiger partial charge is 0.352 e. The van der Waals surface area contributed by atoms with Crippen LogP contribution in [0.4, 0.5) is 5.69 Å². The maximum Gasteiger partial charge on any atom is 0.227 e. The summed E-state index contributed by atoms with van der Waals surface area (Å²) in [6.07, 6.45) is 1.88. The molecule has 0 aromatic heterocycles. The second-order valence-corrected chi connectivity index (χ2v) is 7.28. The third-order valence-electron chi connectivity index (χ3n) is 4.77. The average molecular weight is 365 g/mol. The minimum atomic E-state index is -0.000319. The van der Waals surface area contributed by atoms with Gasteiger partial charge in [0.1, 0.15) is 0 Å². The molecule has 0 unspecified atom stereocenters. The van der Waals surface area contributed by atoms with Gasteiger partial charge in [-0.15, -0.1) is 0 Å². The zero-order valence-electron chi connectivity index (χ0n) is 16.1. The lowest BCUT2D eigenvalue weighted by Gasteiger charge is -2.16. The second kappa shape index (κ2) is 8.82. The van der Waals surface area contributed by atoms with E-state index in [1.807, 2.05) is 55.4 Å². The van der Waals surface area contributed by atoms with Gasteiger partial charge in [0.05, 0.1) is 6.42 Å². The number of anilines is 1. The molecule has 2 aromatic carbocycles. The van der Waals surface area contributed by atoms with E-state index in [0.29, 0.717) is 19.4 Å². The topological polar surface area (TPSA) is 52.7 Å². The summed E-state index contributed by atoms with van der Waals surface area (Å²) >= 11 is 0. The lowest BCUT2D eigenvalue weighted by Crippen LogP contribution is -2.26. The van der Waals surface area contributed by atoms with Gasteiger partial charge in [-0.25, -0.2) is 0 Å². The van der Waals surface area contributed by atoms with Gasteiger partial charge in [-0.1, -0.05) is 36.4 Å². The lowest BCUT2D eigenvalue weighted by molar-refractivity contribution is -0.120. The van der Waals surface area contributed by atoms with Crippen LogP contribution in [-0.4, -0.2) is 37.4 Å². The first-order chi connectivity index (χ1) is 13.0. The first-order valence-corrected chi connectivity index (χ1v) is 9.40. The summed E-state index contributed by atoms with van der Waals surface area (Å²) in [5.41, 5.74) is 4.23. The number of hydrogen-bond donors (Lipinski definition) is 1. The molecular formula is C22H27N3O2. The molecule has 1 saturated heterocycles. The van der Waals surface area contributed by atoms with E-state index in [-0.39, 0.29) is 11.8 Å². The van der Waals surface area contributed by atoms with Crippen molar-refractivity contribution < 1.29 is 9.59 Å². The second-order valence-electron chi connectivity index (χ2n) is 7.28. The van der Waals surface area contributed by atoms with E-state index in [1.165, 1.54) is 5.56 Å². The Balaban J connectivity index is 1.55. The van der Waals surface area contributed by atoms with Gasteiger partial charge in [0.25, 0.3) is 0 Å². The highest BCUT2D eigenvalue weighted by molar-refractivity contribution is 5.95. The van der Waals surface area contributed by atoms with Gasteiger partial charge in [0.2, 0.25) is 11.8 Å². The molecule has 1 N–H and O–H groups in total. The first-order valence-electron chi connectivity index (χ1n) is 9.40. The molecule has 1 aliphatic rings. The quantitative estimate of drug-likeness (QED) is 0.821. The molecule has 0 saturated carbocycles. The number of benzene rings is 2. The highest BCUT2D eigenvalue weighted by Crippen LogP contribution is 2.21. The normalized spacial score (nSPS) is 14.0. The standard InChI is InChI=1S/C22H27N3O2/c1-24(2)16-19-7-4-3-6-18(19)15-23-21(26)14-17-9-11-20(12-10-17)25-13-5-8-22(25)27/h3-4,6-7,9-12H,5,8,13-16H2,1-2H3,(H,23,26). The van der Waals surface area contributed by atoms with Gasteiger partial charge < -0.3 is 15.1 Å². The molecule has 5 nitrogen and oxygen atoms in total. The molecule has 0 atom stereocenters. The Morgan fingerprint density at radius 3 is 2.41 bits per heavy atom. The van der Waals surface area contributed by atoms with Crippen LogP contribution in [0.3, 0.4) is 0 Å². The fourth-order valence-electron chi connectivity index (χ4n) is 3.38. The maximum atomic E-state index is 12.3. The molecule has 142 valence electrons. The fourth-order valence-corrected chi connectivity index (χ4v) is 3.38. The Labute approximate surface area is 161 Å². The smallest absolute Gasteiger partial charge is 0.227 e. The van der Waals surface area contributed by atoms with Crippen LogP contribution in [-0.2, 0) is 29.1 Å².